The molecule has 0 aliphatic rings. The lowest BCUT2D eigenvalue weighted by atomic mass is 10.2. The monoisotopic (exact) mass is 285 g/mol. The molecule has 21 heavy (non-hydrogen) atoms. The predicted octanol–water partition coefficient (Wildman–Crippen LogP) is 1.17. The van der Waals surface area contributed by atoms with Crippen LogP contribution in [-0.4, -0.2) is 34.0 Å². The van der Waals surface area contributed by atoms with Crippen molar-refractivity contribution in [1.29, 1.82) is 0 Å². The topological polar surface area (TPSA) is 79.5 Å². The third-order valence-electron chi connectivity index (χ3n) is 3.15. The van der Waals surface area contributed by atoms with Crippen LogP contribution < -0.4 is 5.73 Å². The van der Waals surface area contributed by atoms with Crippen LogP contribution in [0, 0.1) is 0 Å². The number of rotatable bonds is 6. The third kappa shape index (κ3) is 4.11. The molecule has 0 radical (unpaired) electrons. The van der Waals surface area contributed by atoms with Crippen LogP contribution >= 0.6 is 0 Å². The molecular formula is C16H19N3O2. The van der Waals surface area contributed by atoms with E-state index in [0.717, 1.165) is 11.1 Å². The van der Waals surface area contributed by atoms with Gasteiger partial charge in [-0.25, -0.2) is 0 Å². The summed E-state index contributed by atoms with van der Waals surface area (Å²) < 4.78 is 0. The van der Waals surface area contributed by atoms with Gasteiger partial charge in [0.05, 0.1) is 6.61 Å². The number of carbonyl (C=O) groups excluding carboxylic acids is 1. The molecule has 0 aliphatic heterocycles. The van der Waals surface area contributed by atoms with Gasteiger partial charge in [-0.15, -0.1) is 0 Å². The number of nitrogens with zero attached hydrogens (tertiary/aromatic N) is 2. The first-order chi connectivity index (χ1) is 10.2. The minimum absolute atomic E-state index is 0.0839. The Balaban J connectivity index is 2.14. The van der Waals surface area contributed by atoms with Crippen LogP contribution in [0.1, 0.15) is 21.6 Å². The van der Waals surface area contributed by atoms with E-state index in [-0.39, 0.29) is 19.1 Å². The Hall–Kier alpha value is -2.24. The van der Waals surface area contributed by atoms with Gasteiger partial charge in [0.25, 0.3) is 5.91 Å². The number of pyridine rings is 1. The van der Waals surface area contributed by atoms with E-state index in [4.69, 9.17) is 10.8 Å². The summed E-state index contributed by atoms with van der Waals surface area (Å²) in [6.45, 7) is 1.03. The number of hydrogen-bond donors (Lipinski definition) is 2. The van der Waals surface area contributed by atoms with Crippen LogP contribution in [0.2, 0.25) is 0 Å². The molecule has 5 heteroatoms. The first-order valence-corrected chi connectivity index (χ1v) is 6.83. The normalized spacial score (nSPS) is 10.4. The van der Waals surface area contributed by atoms with Crippen LogP contribution in [-0.2, 0) is 13.1 Å². The lowest BCUT2D eigenvalue weighted by Gasteiger charge is -2.21. The molecule has 1 amide bonds. The lowest BCUT2D eigenvalue weighted by molar-refractivity contribution is 0.0702. The second kappa shape index (κ2) is 7.52. The zero-order valence-electron chi connectivity index (χ0n) is 11.8. The van der Waals surface area contributed by atoms with Crippen LogP contribution in [0.25, 0.3) is 0 Å². The number of aromatic nitrogens is 1. The number of amides is 1. The highest BCUT2D eigenvalue weighted by atomic mass is 16.3. The average molecular weight is 285 g/mol. The number of aliphatic hydroxyl groups excluding tert-OH is 1. The van der Waals surface area contributed by atoms with Crippen molar-refractivity contribution in [3.05, 3.63) is 65.5 Å². The zero-order valence-corrected chi connectivity index (χ0v) is 11.8. The summed E-state index contributed by atoms with van der Waals surface area (Å²) in [5.74, 6) is -0.198. The van der Waals surface area contributed by atoms with Gasteiger partial charge in [-0.3, -0.25) is 9.78 Å². The highest BCUT2D eigenvalue weighted by molar-refractivity contribution is 5.92. The summed E-state index contributed by atoms with van der Waals surface area (Å²) in [4.78, 5) is 18.2. The summed E-state index contributed by atoms with van der Waals surface area (Å²) in [7, 11) is 0. The summed E-state index contributed by atoms with van der Waals surface area (Å²) in [6, 6.07) is 13.1. The molecule has 5 nitrogen and oxygen atoms in total. The fraction of sp³-hybridized carbons (Fsp3) is 0.250. The lowest BCUT2D eigenvalue weighted by Crippen LogP contribution is -2.33. The van der Waals surface area contributed by atoms with Crippen molar-refractivity contribution in [2.45, 2.75) is 13.1 Å². The fourth-order valence-electron chi connectivity index (χ4n) is 2.01. The highest BCUT2D eigenvalue weighted by Crippen LogP contribution is 2.09. The van der Waals surface area contributed by atoms with E-state index >= 15 is 0 Å². The summed E-state index contributed by atoms with van der Waals surface area (Å²) >= 11 is 0. The minimum atomic E-state index is -0.198. The Morgan fingerprint density at radius 1 is 1.14 bits per heavy atom. The molecule has 3 N–H and O–H groups in total. The van der Waals surface area contributed by atoms with Gasteiger partial charge in [-0.05, 0) is 17.2 Å². The van der Waals surface area contributed by atoms with Gasteiger partial charge in [-0.2, -0.15) is 0 Å². The first-order valence-electron chi connectivity index (χ1n) is 6.83. The van der Waals surface area contributed by atoms with Gasteiger partial charge >= 0.3 is 0 Å². The van der Waals surface area contributed by atoms with Gasteiger partial charge in [0, 0.05) is 25.8 Å². The molecule has 0 atom stereocenters. The van der Waals surface area contributed by atoms with Crippen molar-refractivity contribution in [2.24, 2.45) is 5.73 Å². The first kappa shape index (κ1) is 15.2. The van der Waals surface area contributed by atoms with Gasteiger partial charge in [0.1, 0.15) is 5.69 Å². The van der Waals surface area contributed by atoms with E-state index in [1.54, 1.807) is 23.2 Å². The Kier molecular flexibility index (Phi) is 5.43. The zero-order chi connectivity index (χ0) is 15.1. The molecule has 110 valence electrons. The van der Waals surface area contributed by atoms with Crippen molar-refractivity contribution in [3.8, 4) is 0 Å². The molecule has 0 fully saturated rings. The molecule has 0 saturated carbocycles. The molecule has 0 unspecified atom stereocenters. The maximum atomic E-state index is 12.5. The van der Waals surface area contributed by atoms with Crippen LogP contribution in [0.5, 0.6) is 0 Å². The number of aliphatic hydroxyl groups is 1. The Bertz CT molecular complexity index is 570. The van der Waals surface area contributed by atoms with E-state index in [2.05, 4.69) is 4.98 Å². The van der Waals surface area contributed by atoms with E-state index in [0.29, 0.717) is 18.8 Å². The van der Waals surface area contributed by atoms with E-state index in [1.165, 1.54) is 0 Å². The van der Waals surface area contributed by atoms with Crippen molar-refractivity contribution in [3.63, 3.8) is 0 Å². The molecule has 1 aromatic carbocycles. The molecule has 1 aromatic heterocycles. The second-order valence-corrected chi connectivity index (χ2v) is 4.69. The summed E-state index contributed by atoms with van der Waals surface area (Å²) in [5, 5.41) is 9.16. The number of hydrogen-bond acceptors (Lipinski definition) is 4. The van der Waals surface area contributed by atoms with Crippen LogP contribution in [0.3, 0.4) is 0 Å². The van der Waals surface area contributed by atoms with Gasteiger partial charge in [0.15, 0.2) is 0 Å². The van der Waals surface area contributed by atoms with Crippen LogP contribution in [0.4, 0.5) is 0 Å². The molecule has 0 spiro atoms. The highest BCUT2D eigenvalue weighted by Gasteiger charge is 2.16. The maximum absolute atomic E-state index is 12.5. The standard InChI is InChI=1S/C16H19N3O2/c17-10-14-6-7-15(18-11-14)16(21)19(8-9-20)12-13-4-2-1-3-5-13/h1-7,11,20H,8-10,12,17H2. The van der Waals surface area contributed by atoms with Crippen molar-refractivity contribution in [2.75, 3.05) is 13.2 Å². The average Bonchev–Trinajstić information content (AvgIpc) is 2.55. The maximum Gasteiger partial charge on any atom is 0.272 e. The largest absolute Gasteiger partial charge is 0.395 e. The SMILES string of the molecule is NCc1ccc(C(=O)N(CCO)Cc2ccccc2)nc1. The third-order valence-corrected chi connectivity index (χ3v) is 3.15. The number of benzene rings is 1. The second-order valence-electron chi connectivity index (χ2n) is 4.69. The van der Waals surface area contributed by atoms with Gasteiger partial charge in [0.2, 0.25) is 0 Å². The molecule has 0 aliphatic carbocycles. The summed E-state index contributed by atoms with van der Waals surface area (Å²) in [6.07, 6.45) is 1.60. The fourth-order valence-corrected chi connectivity index (χ4v) is 2.01. The van der Waals surface area contributed by atoms with E-state index in [1.807, 2.05) is 30.3 Å². The Morgan fingerprint density at radius 3 is 2.48 bits per heavy atom. The number of nitrogens with two attached hydrogens (primary N) is 1. The van der Waals surface area contributed by atoms with Gasteiger partial charge in [-0.1, -0.05) is 36.4 Å². The quantitative estimate of drug-likeness (QED) is 0.835. The smallest absolute Gasteiger partial charge is 0.272 e. The van der Waals surface area contributed by atoms with E-state index < -0.39 is 0 Å². The Labute approximate surface area is 124 Å². The van der Waals surface area contributed by atoms with Gasteiger partial charge < -0.3 is 15.7 Å². The number of carbonyl (C=O) groups is 1. The molecule has 1 heterocycles. The minimum Gasteiger partial charge on any atom is -0.395 e. The van der Waals surface area contributed by atoms with Crippen molar-refractivity contribution < 1.29 is 9.90 Å². The molecule has 0 bridgehead atoms. The molecule has 0 saturated heterocycles. The van der Waals surface area contributed by atoms with E-state index in [9.17, 15) is 4.79 Å². The van der Waals surface area contributed by atoms with Crippen molar-refractivity contribution >= 4 is 5.91 Å². The Morgan fingerprint density at radius 2 is 1.90 bits per heavy atom. The van der Waals surface area contributed by atoms with Crippen LogP contribution in [0.15, 0.2) is 48.7 Å². The predicted molar refractivity (Wildman–Crippen MR) is 80.4 cm³/mol. The van der Waals surface area contributed by atoms with Crippen molar-refractivity contribution in [1.82, 2.24) is 9.88 Å². The molecular weight excluding hydrogens is 266 g/mol. The summed E-state index contributed by atoms with van der Waals surface area (Å²) in [5.41, 5.74) is 7.77. The molecule has 2 rings (SSSR count). The molecule has 2 aromatic rings.